The number of aromatic nitrogens is 2. The quantitative estimate of drug-likeness (QED) is 0.641. The summed E-state index contributed by atoms with van der Waals surface area (Å²) in [7, 11) is -3.50. The Morgan fingerprint density at radius 1 is 1.18 bits per heavy atom. The van der Waals surface area contributed by atoms with Crippen LogP contribution in [-0.2, 0) is 10.0 Å². The number of carbonyl (C=O) groups excluding carboxylic acids is 1. The van der Waals surface area contributed by atoms with E-state index in [2.05, 4.69) is 20.0 Å². The van der Waals surface area contributed by atoms with E-state index in [0.717, 1.165) is 28.1 Å². The highest BCUT2D eigenvalue weighted by Crippen LogP contribution is 2.26. The number of benzene rings is 1. The number of rotatable bonds is 6. The van der Waals surface area contributed by atoms with E-state index >= 15 is 0 Å². The Kier molecular flexibility index (Phi) is 5.76. The van der Waals surface area contributed by atoms with Gasteiger partial charge in [0.1, 0.15) is 5.01 Å². The molecule has 9 heteroatoms. The summed E-state index contributed by atoms with van der Waals surface area (Å²) in [4.78, 5) is 21.4. The number of hydrogen-bond donors (Lipinski definition) is 2. The Labute approximate surface area is 167 Å². The number of nitrogens with zero attached hydrogens (tertiary/aromatic N) is 2. The molecule has 2 heterocycles. The first-order valence-electron chi connectivity index (χ1n) is 8.48. The lowest BCUT2D eigenvalue weighted by atomic mass is 10.1. The maximum absolute atomic E-state index is 12.8. The maximum atomic E-state index is 12.8. The number of sulfonamides is 1. The van der Waals surface area contributed by atoms with Crippen LogP contribution in [0.2, 0.25) is 0 Å². The van der Waals surface area contributed by atoms with Gasteiger partial charge in [0, 0.05) is 23.3 Å². The molecule has 7 nitrogen and oxygen atoms in total. The van der Waals surface area contributed by atoms with Crippen LogP contribution >= 0.6 is 11.3 Å². The second-order valence-electron chi connectivity index (χ2n) is 6.43. The van der Waals surface area contributed by atoms with Crippen LogP contribution in [-0.4, -0.2) is 30.5 Å². The van der Waals surface area contributed by atoms with E-state index in [9.17, 15) is 13.2 Å². The van der Waals surface area contributed by atoms with Crippen LogP contribution in [0.1, 0.15) is 33.9 Å². The zero-order chi connectivity index (χ0) is 20.3. The summed E-state index contributed by atoms with van der Waals surface area (Å²) in [5.74, 6) is -0.372. The number of pyridine rings is 1. The van der Waals surface area contributed by atoms with E-state index < -0.39 is 10.0 Å². The zero-order valence-electron chi connectivity index (χ0n) is 15.6. The molecule has 0 fully saturated rings. The number of anilines is 1. The Morgan fingerprint density at radius 3 is 2.57 bits per heavy atom. The largest absolute Gasteiger partial charge is 0.343 e. The molecule has 2 N–H and O–H groups in total. The first-order chi connectivity index (χ1) is 13.2. The molecule has 1 aromatic carbocycles. The van der Waals surface area contributed by atoms with E-state index in [4.69, 9.17) is 0 Å². The van der Waals surface area contributed by atoms with Crippen molar-refractivity contribution in [2.75, 3.05) is 11.0 Å². The van der Waals surface area contributed by atoms with Gasteiger partial charge in [-0.2, -0.15) is 0 Å². The maximum Gasteiger partial charge on any atom is 0.253 e. The molecular weight excluding hydrogens is 396 g/mol. The molecule has 1 unspecified atom stereocenters. The third kappa shape index (κ3) is 4.93. The number of amides is 1. The average molecular weight is 417 g/mol. The Balaban J connectivity index is 1.80. The lowest BCUT2D eigenvalue weighted by molar-refractivity contribution is 0.0940. The average Bonchev–Trinajstić information content (AvgIpc) is 3.13. The molecule has 28 heavy (non-hydrogen) atoms. The summed E-state index contributed by atoms with van der Waals surface area (Å²) in [5, 5.41) is 5.57. The van der Waals surface area contributed by atoms with Gasteiger partial charge in [-0.25, -0.2) is 13.4 Å². The van der Waals surface area contributed by atoms with Crippen molar-refractivity contribution in [1.29, 1.82) is 0 Å². The molecule has 2 aromatic heterocycles. The van der Waals surface area contributed by atoms with Gasteiger partial charge in [-0.1, -0.05) is 11.6 Å². The van der Waals surface area contributed by atoms with Crippen molar-refractivity contribution in [3.8, 4) is 11.3 Å². The third-order valence-corrected chi connectivity index (χ3v) is 5.55. The lowest BCUT2D eigenvalue weighted by Gasteiger charge is -2.15. The van der Waals surface area contributed by atoms with Crippen molar-refractivity contribution in [2.45, 2.75) is 19.9 Å². The van der Waals surface area contributed by atoms with Crippen molar-refractivity contribution in [1.82, 2.24) is 15.3 Å². The van der Waals surface area contributed by atoms with Crippen molar-refractivity contribution < 1.29 is 13.2 Å². The van der Waals surface area contributed by atoms with Gasteiger partial charge in [-0.05, 0) is 38.1 Å². The topological polar surface area (TPSA) is 101 Å². The Bertz CT molecular complexity index is 1100. The summed E-state index contributed by atoms with van der Waals surface area (Å²) in [6.07, 6.45) is 4.45. The molecule has 0 aliphatic heterocycles. The number of thiazole rings is 1. The van der Waals surface area contributed by atoms with Gasteiger partial charge in [0.15, 0.2) is 0 Å². The highest BCUT2D eigenvalue weighted by Gasteiger charge is 2.19. The first kappa shape index (κ1) is 20.0. The van der Waals surface area contributed by atoms with E-state index in [-0.39, 0.29) is 23.2 Å². The molecule has 0 bridgehead atoms. The molecular formula is C19H20N4O3S2. The highest BCUT2D eigenvalue weighted by atomic mass is 32.2. The molecule has 0 saturated heterocycles. The number of nitrogens with one attached hydrogen (secondary N) is 2. The third-order valence-electron chi connectivity index (χ3n) is 3.93. The van der Waals surface area contributed by atoms with Crippen LogP contribution in [0.4, 0.5) is 5.69 Å². The SMILES string of the molecule is Cc1ccc(NS(C)(=O)=O)c(C(=O)NC(C)c2nc(-c3ccncc3)cs2)c1. The molecule has 1 amide bonds. The molecule has 146 valence electrons. The van der Waals surface area contributed by atoms with E-state index in [1.807, 2.05) is 31.4 Å². The predicted molar refractivity (Wildman–Crippen MR) is 111 cm³/mol. The van der Waals surface area contributed by atoms with E-state index in [0.29, 0.717) is 0 Å². The van der Waals surface area contributed by atoms with Gasteiger partial charge >= 0.3 is 0 Å². The minimum Gasteiger partial charge on any atom is -0.343 e. The van der Waals surface area contributed by atoms with Crippen molar-refractivity contribution in [3.05, 3.63) is 64.2 Å². The highest BCUT2D eigenvalue weighted by molar-refractivity contribution is 7.92. The van der Waals surface area contributed by atoms with Crippen LogP contribution in [0.25, 0.3) is 11.3 Å². The van der Waals surface area contributed by atoms with Gasteiger partial charge in [0.05, 0.1) is 29.2 Å². The standard InChI is InChI=1S/C19H20N4O3S2/c1-12-4-5-16(23-28(3,25)26)15(10-12)18(24)21-13(2)19-22-17(11-27-19)14-6-8-20-9-7-14/h4-11,13,23H,1-3H3,(H,21,24). The van der Waals surface area contributed by atoms with Crippen molar-refractivity contribution >= 4 is 33.0 Å². The van der Waals surface area contributed by atoms with Crippen LogP contribution < -0.4 is 10.0 Å². The van der Waals surface area contributed by atoms with E-state index in [1.165, 1.54) is 11.3 Å². The first-order valence-corrected chi connectivity index (χ1v) is 11.2. The van der Waals surface area contributed by atoms with E-state index in [1.54, 1.807) is 30.6 Å². The van der Waals surface area contributed by atoms with Gasteiger partial charge in [-0.3, -0.25) is 14.5 Å². The second-order valence-corrected chi connectivity index (χ2v) is 9.06. The molecule has 0 spiro atoms. The van der Waals surface area contributed by atoms with Crippen molar-refractivity contribution in [3.63, 3.8) is 0 Å². The van der Waals surface area contributed by atoms with Crippen molar-refractivity contribution in [2.24, 2.45) is 0 Å². The molecule has 0 aliphatic rings. The molecule has 1 atom stereocenters. The summed E-state index contributed by atoms with van der Waals surface area (Å²) in [6, 6.07) is 8.39. The monoisotopic (exact) mass is 416 g/mol. The van der Waals surface area contributed by atoms with Crippen LogP contribution in [0.3, 0.4) is 0 Å². The van der Waals surface area contributed by atoms with Gasteiger partial charge in [0.2, 0.25) is 10.0 Å². The van der Waals surface area contributed by atoms with Crippen LogP contribution in [0, 0.1) is 6.92 Å². The Hall–Kier alpha value is -2.78. The second kappa shape index (κ2) is 8.07. The van der Waals surface area contributed by atoms with Crippen LogP contribution in [0.15, 0.2) is 48.1 Å². The summed E-state index contributed by atoms with van der Waals surface area (Å²) in [5.41, 5.74) is 3.14. The number of carbonyl (C=O) groups is 1. The molecule has 0 radical (unpaired) electrons. The fraction of sp³-hybridized carbons (Fsp3) is 0.211. The molecule has 0 saturated carbocycles. The lowest BCUT2D eigenvalue weighted by Crippen LogP contribution is -2.28. The Morgan fingerprint density at radius 2 is 1.89 bits per heavy atom. The van der Waals surface area contributed by atoms with Gasteiger partial charge in [0.25, 0.3) is 5.91 Å². The van der Waals surface area contributed by atoms with Gasteiger partial charge < -0.3 is 5.32 Å². The van der Waals surface area contributed by atoms with Gasteiger partial charge in [-0.15, -0.1) is 11.3 Å². The van der Waals surface area contributed by atoms with Crippen LogP contribution in [0.5, 0.6) is 0 Å². The number of hydrogen-bond acceptors (Lipinski definition) is 6. The molecule has 3 rings (SSSR count). The minimum absolute atomic E-state index is 0.245. The zero-order valence-corrected chi connectivity index (χ0v) is 17.3. The fourth-order valence-electron chi connectivity index (χ4n) is 2.61. The summed E-state index contributed by atoms with van der Waals surface area (Å²) >= 11 is 1.45. The fourth-order valence-corrected chi connectivity index (χ4v) is 4.03. The molecule has 0 aliphatic carbocycles. The summed E-state index contributed by atoms with van der Waals surface area (Å²) < 4.78 is 25.6. The minimum atomic E-state index is -3.50. The molecule has 3 aromatic rings. The smallest absolute Gasteiger partial charge is 0.253 e. The number of aryl methyl sites for hydroxylation is 1. The normalized spacial score (nSPS) is 12.4. The summed E-state index contributed by atoms with van der Waals surface area (Å²) in [6.45, 7) is 3.68. The predicted octanol–water partition coefficient (Wildman–Crippen LogP) is 3.38.